The van der Waals surface area contributed by atoms with E-state index in [1.807, 2.05) is 18.3 Å². The van der Waals surface area contributed by atoms with Crippen molar-refractivity contribution in [3.63, 3.8) is 0 Å². The van der Waals surface area contributed by atoms with Gasteiger partial charge in [0.2, 0.25) is 0 Å². The lowest BCUT2D eigenvalue weighted by Crippen LogP contribution is -1.93. The van der Waals surface area contributed by atoms with E-state index in [4.69, 9.17) is 0 Å². The molecule has 1 aromatic heterocycles. The van der Waals surface area contributed by atoms with Crippen LogP contribution in [0.5, 0.6) is 5.75 Å². The third kappa shape index (κ3) is 1.53. The van der Waals surface area contributed by atoms with Crippen molar-refractivity contribution >= 4 is 12.6 Å². The van der Waals surface area contributed by atoms with Crippen molar-refractivity contribution in [2.45, 2.75) is 4.90 Å². The number of benzene rings is 1. The second kappa shape index (κ2) is 3.14. The first-order valence-corrected chi connectivity index (χ1v) is 4.24. The molecule has 0 aliphatic heterocycles. The van der Waals surface area contributed by atoms with E-state index in [-0.39, 0.29) is 5.75 Å². The molecule has 66 valence electrons. The van der Waals surface area contributed by atoms with Gasteiger partial charge in [-0.3, -0.25) is 0 Å². The second-order valence-electron chi connectivity index (χ2n) is 2.62. The molecule has 0 amide bonds. The SMILES string of the molecule is Oc1cc(-n2cccn2)ccc1S. The van der Waals surface area contributed by atoms with Crippen LogP contribution in [0.25, 0.3) is 5.69 Å². The van der Waals surface area contributed by atoms with Crippen LogP contribution in [-0.4, -0.2) is 14.9 Å². The van der Waals surface area contributed by atoms with E-state index in [9.17, 15) is 5.11 Å². The quantitative estimate of drug-likeness (QED) is 0.677. The maximum atomic E-state index is 9.38. The van der Waals surface area contributed by atoms with Crippen LogP contribution in [-0.2, 0) is 0 Å². The van der Waals surface area contributed by atoms with E-state index in [1.165, 1.54) is 0 Å². The molecule has 4 heteroatoms. The number of rotatable bonds is 1. The zero-order valence-corrected chi connectivity index (χ0v) is 7.65. The lowest BCUT2D eigenvalue weighted by atomic mass is 10.3. The summed E-state index contributed by atoms with van der Waals surface area (Å²) in [5.41, 5.74) is 0.820. The normalized spacial score (nSPS) is 10.2. The van der Waals surface area contributed by atoms with Gasteiger partial charge in [-0.25, -0.2) is 4.68 Å². The van der Waals surface area contributed by atoms with Gasteiger partial charge in [0.05, 0.1) is 5.69 Å². The predicted octanol–water partition coefficient (Wildman–Crippen LogP) is 1.87. The molecule has 0 aliphatic carbocycles. The van der Waals surface area contributed by atoms with E-state index >= 15 is 0 Å². The minimum absolute atomic E-state index is 0.163. The third-order valence-electron chi connectivity index (χ3n) is 1.73. The Morgan fingerprint density at radius 1 is 1.38 bits per heavy atom. The van der Waals surface area contributed by atoms with Gasteiger partial charge in [0.25, 0.3) is 0 Å². The minimum atomic E-state index is 0.163. The summed E-state index contributed by atoms with van der Waals surface area (Å²) in [5, 5.41) is 13.4. The van der Waals surface area contributed by atoms with Crippen LogP contribution in [0, 0.1) is 0 Å². The van der Waals surface area contributed by atoms with Crippen molar-refractivity contribution in [3.8, 4) is 11.4 Å². The first-order chi connectivity index (χ1) is 6.27. The molecule has 0 saturated heterocycles. The topological polar surface area (TPSA) is 38.0 Å². The highest BCUT2D eigenvalue weighted by Gasteiger charge is 2.00. The molecular formula is C9H8N2OS. The standard InChI is InChI=1S/C9H8N2OS/c12-8-6-7(2-3-9(8)13)11-5-1-4-10-11/h1-6,12-13H. The Hall–Kier alpha value is -1.42. The first kappa shape index (κ1) is 8.19. The summed E-state index contributed by atoms with van der Waals surface area (Å²) in [6.45, 7) is 0. The number of phenolic OH excluding ortho intramolecular Hbond substituents is 1. The average Bonchev–Trinajstić information content (AvgIpc) is 2.62. The Balaban J connectivity index is 2.49. The number of phenols is 1. The molecule has 0 fully saturated rings. The van der Waals surface area contributed by atoms with Crippen LogP contribution in [0.3, 0.4) is 0 Å². The summed E-state index contributed by atoms with van der Waals surface area (Å²) in [5.74, 6) is 0.163. The number of aromatic nitrogens is 2. The molecule has 3 nitrogen and oxygen atoms in total. The van der Waals surface area contributed by atoms with Gasteiger partial charge < -0.3 is 5.11 Å². The smallest absolute Gasteiger partial charge is 0.131 e. The molecule has 0 radical (unpaired) electrons. The van der Waals surface area contributed by atoms with Crippen LogP contribution in [0.1, 0.15) is 0 Å². The monoisotopic (exact) mass is 192 g/mol. The van der Waals surface area contributed by atoms with Crippen molar-refractivity contribution < 1.29 is 5.11 Å². The van der Waals surface area contributed by atoms with E-state index in [1.54, 1.807) is 23.0 Å². The van der Waals surface area contributed by atoms with Crippen LogP contribution in [0.15, 0.2) is 41.6 Å². The van der Waals surface area contributed by atoms with Crippen LogP contribution in [0.4, 0.5) is 0 Å². The van der Waals surface area contributed by atoms with Crippen molar-refractivity contribution in [3.05, 3.63) is 36.7 Å². The van der Waals surface area contributed by atoms with Crippen LogP contribution >= 0.6 is 12.6 Å². The van der Waals surface area contributed by atoms with Gasteiger partial charge in [-0.15, -0.1) is 12.6 Å². The highest BCUT2D eigenvalue weighted by Crippen LogP contribution is 2.23. The zero-order valence-electron chi connectivity index (χ0n) is 6.75. The highest BCUT2D eigenvalue weighted by atomic mass is 32.1. The van der Waals surface area contributed by atoms with Crippen LogP contribution < -0.4 is 0 Å². The van der Waals surface area contributed by atoms with Gasteiger partial charge in [-0.2, -0.15) is 5.10 Å². The number of nitrogens with zero attached hydrogens (tertiary/aromatic N) is 2. The lowest BCUT2D eigenvalue weighted by Gasteiger charge is -2.02. The van der Waals surface area contributed by atoms with Gasteiger partial charge in [0, 0.05) is 23.4 Å². The second-order valence-corrected chi connectivity index (χ2v) is 3.11. The fourth-order valence-corrected chi connectivity index (χ4v) is 1.21. The van der Waals surface area contributed by atoms with Gasteiger partial charge in [-0.05, 0) is 18.2 Å². The van der Waals surface area contributed by atoms with Crippen molar-refractivity contribution in [2.75, 3.05) is 0 Å². The van der Waals surface area contributed by atoms with Gasteiger partial charge in [-0.1, -0.05) is 0 Å². The fraction of sp³-hybridized carbons (Fsp3) is 0. The predicted molar refractivity (Wildman–Crippen MR) is 52.5 cm³/mol. The van der Waals surface area contributed by atoms with E-state index in [0.717, 1.165) is 5.69 Å². The zero-order chi connectivity index (χ0) is 9.26. The van der Waals surface area contributed by atoms with E-state index in [2.05, 4.69) is 17.7 Å². The van der Waals surface area contributed by atoms with E-state index in [0.29, 0.717) is 4.90 Å². The van der Waals surface area contributed by atoms with Gasteiger partial charge in [0.15, 0.2) is 0 Å². The maximum Gasteiger partial charge on any atom is 0.131 e. The molecule has 1 N–H and O–H groups in total. The molecule has 2 aromatic rings. The number of aromatic hydroxyl groups is 1. The van der Waals surface area contributed by atoms with Crippen molar-refractivity contribution in [1.29, 1.82) is 0 Å². The molecule has 0 bridgehead atoms. The van der Waals surface area contributed by atoms with Crippen molar-refractivity contribution in [1.82, 2.24) is 9.78 Å². The highest BCUT2D eigenvalue weighted by molar-refractivity contribution is 7.80. The molecule has 0 atom stereocenters. The minimum Gasteiger partial charge on any atom is -0.507 e. The molecule has 0 saturated carbocycles. The summed E-state index contributed by atoms with van der Waals surface area (Å²) in [7, 11) is 0. The average molecular weight is 192 g/mol. The number of hydrogen-bond acceptors (Lipinski definition) is 3. The molecule has 0 unspecified atom stereocenters. The number of thiol groups is 1. The molecule has 2 rings (SSSR count). The summed E-state index contributed by atoms with van der Waals surface area (Å²) in [4.78, 5) is 0.566. The van der Waals surface area contributed by atoms with Gasteiger partial charge in [0.1, 0.15) is 5.75 Å². The largest absolute Gasteiger partial charge is 0.507 e. The molecular weight excluding hydrogens is 184 g/mol. The molecule has 0 aliphatic rings. The summed E-state index contributed by atoms with van der Waals surface area (Å²) in [6.07, 6.45) is 3.50. The van der Waals surface area contributed by atoms with E-state index < -0.39 is 0 Å². The molecule has 0 spiro atoms. The Morgan fingerprint density at radius 2 is 2.23 bits per heavy atom. The lowest BCUT2D eigenvalue weighted by molar-refractivity contribution is 0.462. The molecule has 1 heterocycles. The Morgan fingerprint density at radius 3 is 2.85 bits per heavy atom. The molecule has 13 heavy (non-hydrogen) atoms. The maximum absolute atomic E-state index is 9.38. The summed E-state index contributed by atoms with van der Waals surface area (Å²) < 4.78 is 1.67. The fourth-order valence-electron chi connectivity index (χ4n) is 1.08. The number of hydrogen-bond donors (Lipinski definition) is 2. The Labute approximate surface area is 81.0 Å². The third-order valence-corrected chi connectivity index (χ3v) is 2.11. The first-order valence-electron chi connectivity index (χ1n) is 3.79. The Kier molecular flexibility index (Phi) is 1.98. The van der Waals surface area contributed by atoms with Crippen LogP contribution in [0.2, 0.25) is 0 Å². The summed E-state index contributed by atoms with van der Waals surface area (Å²) in [6, 6.07) is 7.02. The van der Waals surface area contributed by atoms with Crippen molar-refractivity contribution in [2.24, 2.45) is 0 Å². The van der Waals surface area contributed by atoms with Gasteiger partial charge >= 0.3 is 0 Å². The molecule has 1 aromatic carbocycles. The summed E-state index contributed by atoms with van der Waals surface area (Å²) >= 11 is 4.06. The Bertz CT molecular complexity index is 412.